The van der Waals surface area contributed by atoms with E-state index in [4.69, 9.17) is 27.9 Å². The zero-order valence-electron chi connectivity index (χ0n) is 20.5. The van der Waals surface area contributed by atoms with Gasteiger partial charge in [-0.15, -0.1) is 0 Å². The number of ether oxygens (including phenoxy) is 1. The minimum atomic E-state index is -4.15. The number of hydrogen-bond acceptors (Lipinski definition) is 5. The van der Waals surface area contributed by atoms with Crippen LogP contribution in [0, 0.1) is 0 Å². The summed E-state index contributed by atoms with van der Waals surface area (Å²) in [6.07, 6.45) is 0. The number of hydrogen-bond donors (Lipinski definition) is 1. The average molecular weight is 564 g/mol. The van der Waals surface area contributed by atoms with Crippen LogP contribution < -0.4 is 14.4 Å². The number of rotatable bonds is 10. The molecule has 8 nitrogen and oxygen atoms in total. The third kappa shape index (κ3) is 6.74. The summed E-state index contributed by atoms with van der Waals surface area (Å²) in [4.78, 5) is 27.6. The van der Waals surface area contributed by atoms with E-state index in [-0.39, 0.29) is 17.1 Å². The van der Waals surface area contributed by atoms with E-state index < -0.39 is 34.4 Å². The molecule has 0 aliphatic carbocycles. The first-order valence-corrected chi connectivity index (χ1v) is 13.4. The van der Waals surface area contributed by atoms with Gasteiger partial charge < -0.3 is 15.0 Å². The van der Waals surface area contributed by atoms with Crippen molar-refractivity contribution in [2.75, 3.05) is 25.0 Å². The fraction of sp³-hybridized carbons (Fsp3) is 0.231. The molecule has 3 rings (SSSR count). The zero-order valence-corrected chi connectivity index (χ0v) is 22.8. The number of amides is 2. The van der Waals surface area contributed by atoms with Crippen LogP contribution in [0.1, 0.15) is 12.5 Å². The van der Waals surface area contributed by atoms with Crippen molar-refractivity contribution in [3.63, 3.8) is 0 Å². The van der Waals surface area contributed by atoms with Gasteiger partial charge in [-0.1, -0.05) is 53.5 Å². The van der Waals surface area contributed by atoms with Gasteiger partial charge in [0.1, 0.15) is 18.3 Å². The smallest absolute Gasteiger partial charge is 0.264 e. The predicted molar refractivity (Wildman–Crippen MR) is 145 cm³/mol. The lowest BCUT2D eigenvalue weighted by Crippen LogP contribution is -2.50. The Hall–Kier alpha value is -3.27. The van der Waals surface area contributed by atoms with Crippen molar-refractivity contribution >= 4 is 50.7 Å². The SMILES string of the molecule is CNC(=O)C(C)N(Cc1ccc(Cl)c(Cl)c1)C(=O)CN(c1cccc(OC)c1)S(=O)(=O)c1ccccc1. The van der Waals surface area contributed by atoms with Crippen LogP contribution >= 0.6 is 23.2 Å². The molecule has 0 aliphatic heterocycles. The molecule has 2 amide bonds. The minimum Gasteiger partial charge on any atom is -0.497 e. The van der Waals surface area contributed by atoms with Crippen molar-refractivity contribution in [1.82, 2.24) is 10.2 Å². The summed E-state index contributed by atoms with van der Waals surface area (Å²) in [6, 6.07) is 18.2. The summed E-state index contributed by atoms with van der Waals surface area (Å²) in [6.45, 7) is 1.00. The van der Waals surface area contributed by atoms with Gasteiger partial charge in [0, 0.05) is 19.7 Å². The lowest BCUT2D eigenvalue weighted by Gasteiger charge is -2.32. The summed E-state index contributed by atoms with van der Waals surface area (Å²) in [5.41, 5.74) is 0.857. The highest BCUT2D eigenvalue weighted by molar-refractivity contribution is 7.92. The Morgan fingerprint density at radius 2 is 1.68 bits per heavy atom. The Morgan fingerprint density at radius 3 is 2.30 bits per heavy atom. The van der Waals surface area contributed by atoms with Crippen LogP contribution in [0.5, 0.6) is 5.75 Å². The topological polar surface area (TPSA) is 96.0 Å². The predicted octanol–water partition coefficient (Wildman–Crippen LogP) is 4.36. The molecule has 3 aromatic rings. The van der Waals surface area contributed by atoms with Gasteiger partial charge in [-0.2, -0.15) is 0 Å². The van der Waals surface area contributed by atoms with E-state index in [0.717, 1.165) is 4.31 Å². The second-order valence-electron chi connectivity index (χ2n) is 8.09. The molecule has 37 heavy (non-hydrogen) atoms. The summed E-state index contributed by atoms with van der Waals surface area (Å²) < 4.78 is 33.7. The van der Waals surface area contributed by atoms with Gasteiger partial charge in [0.25, 0.3) is 10.0 Å². The molecule has 3 aromatic carbocycles. The van der Waals surface area contributed by atoms with Gasteiger partial charge in [0.15, 0.2) is 0 Å². The van der Waals surface area contributed by atoms with Crippen molar-refractivity contribution in [1.29, 1.82) is 0 Å². The Kier molecular flexibility index (Phi) is 9.42. The molecule has 196 valence electrons. The fourth-order valence-corrected chi connectivity index (χ4v) is 5.39. The maximum Gasteiger partial charge on any atom is 0.264 e. The van der Waals surface area contributed by atoms with Crippen LogP contribution in [0.3, 0.4) is 0 Å². The second-order valence-corrected chi connectivity index (χ2v) is 10.8. The summed E-state index contributed by atoms with van der Waals surface area (Å²) >= 11 is 12.2. The normalized spacial score (nSPS) is 11.9. The number of carbonyl (C=O) groups excluding carboxylic acids is 2. The van der Waals surface area contributed by atoms with Crippen molar-refractivity contribution in [3.8, 4) is 5.75 Å². The van der Waals surface area contributed by atoms with E-state index in [1.54, 1.807) is 61.5 Å². The molecule has 0 aromatic heterocycles. The molecule has 0 bridgehead atoms. The third-order valence-corrected chi connectivity index (χ3v) is 8.23. The Morgan fingerprint density at radius 1 is 0.973 bits per heavy atom. The molecular formula is C26H27Cl2N3O5S. The molecule has 1 atom stereocenters. The van der Waals surface area contributed by atoms with Crippen molar-refractivity contribution in [3.05, 3.63) is 88.4 Å². The number of benzene rings is 3. The largest absolute Gasteiger partial charge is 0.497 e. The van der Waals surface area contributed by atoms with Crippen LogP contribution in [0.15, 0.2) is 77.7 Å². The highest BCUT2D eigenvalue weighted by Crippen LogP contribution is 2.28. The van der Waals surface area contributed by atoms with Crippen LogP contribution in [0.25, 0.3) is 0 Å². The molecule has 0 radical (unpaired) electrons. The maximum atomic E-state index is 13.7. The van der Waals surface area contributed by atoms with E-state index in [1.807, 2.05) is 0 Å². The summed E-state index contributed by atoms with van der Waals surface area (Å²) in [5, 5.41) is 3.18. The third-order valence-electron chi connectivity index (χ3n) is 5.70. The fourth-order valence-electron chi connectivity index (χ4n) is 3.64. The van der Waals surface area contributed by atoms with Crippen LogP contribution in [-0.4, -0.2) is 51.9 Å². The minimum absolute atomic E-state index is 0.00163. The first-order chi connectivity index (χ1) is 17.6. The number of anilines is 1. The molecule has 1 unspecified atom stereocenters. The Labute approximate surface area is 226 Å². The van der Waals surface area contributed by atoms with Gasteiger partial charge in [-0.25, -0.2) is 8.42 Å². The first kappa shape index (κ1) is 28.3. The quantitative estimate of drug-likeness (QED) is 0.395. The van der Waals surface area contributed by atoms with Crippen LogP contribution in [-0.2, 0) is 26.2 Å². The maximum absolute atomic E-state index is 13.7. The van der Waals surface area contributed by atoms with Gasteiger partial charge >= 0.3 is 0 Å². The number of sulfonamides is 1. The van der Waals surface area contributed by atoms with Gasteiger partial charge in [-0.3, -0.25) is 13.9 Å². The summed E-state index contributed by atoms with van der Waals surface area (Å²) in [5.74, 6) is -0.582. The second kappa shape index (κ2) is 12.3. The first-order valence-electron chi connectivity index (χ1n) is 11.2. The van der Waals surface area contributed by atoms with E-state index in [0.29, 0.717) is 21.4 Å². The molecule has 0 saturated heterocycles. The van der Waals surface area contributed by atoms with Crippen LogP contribution in [0.4, 0.5) is 5.69 Å². The molecular weight excluding hydrogens is 537 g/mol. The van der Waals surface area contributed by atoms with Crippen molar-refractivity contribution < 1.29 is 22.7 Å². The molecule has 11 heteroatoms. The van der Waals surface area contributed by atoms with Gasteiger partial charge in [0.05, 0.1) is 27.7 Å². The van der Waals surface area contributed by atoms with Crippen LogP contribution in [0.2, 0.25) is 10.0 Å². The monoisotopic (exact) mass is 563 g/mol. The number of carbonyl (C=O) groups is 2. The lowest BCUT2D eigenvalue weighted by molar-refractivity contribution is -0.139. The summed E-state index contributed by atoms with van der Waals surface area (Å²) in [7, 11) is -1.23. The number of likely N-dealkylation sites (N-methyl/N-ethyl adjacent to an activating group) is 1. The molecule has 1 N–H and O–H groups in total. The van der Waals surface area contributed by atoms with E-state index in [9.17, 15) is 18.0 Å². The van der Waals surface area contributed by atoms with Crippen molar-refractivity contribution in [2.45, 2.75) is 24.4 Å². The lowest BCUT2D eigenvalue weighted by atomic mass is 10.1. The number of methoxy groups -OCH3 is 1. The Bertz CT molecular complexity index is 1370. The van der Waals surface area contributed by atoms with Gasteiger partial charge in [-0.05, 0) is 48.9 Å². The molecule has 0 aliphatic rings. The molecule has 0 spiro atoms. The number of nitrogens with one attached hydrogen (secondary N) is 1. The van der Waals surface area contributed by atoms with E-state index in [2.05, 4.69) is 5.32 Å². The molecule has 0 heterocycles. The van der Waals surface area contributed by atoms with E-state index >= 15 is 0 Å². The van der Waals surface area contributed by atoms with E-state index in [1.165, 1.54) is 37.3 Å². The molecule has 0 saturated carbocycles. The highest BCUT2D eigenvalue weighted by Gasteiger charge is 2.32. The number of nitrogens with zero attached hydrogens (tertiary/aromatic N) is 2. The number of halogens is 2. The zero-order chi connectivity index (χ0) is 27.2. The molecule has 0 fully saturated rings. The highest BCUT2D eigenvalue weighted by atomic mass is 35.5. The average Bonchev–Trinajstić information content (AvgIpc) is 2.91. The van der Waals surface area contributed by atoms with Crippen molar-refractivity contribution in [2.24, 2.45) is 0 Å². The Balaban J connectivity index is 2.04. The standard InChI is InChI=1S/C26H27Cl2N3O5S/c1-18(26(33)29-2)30(16-19-12-13-23(27)24(28)14-19)25(32)17-31(20-8-7-9-21(15-20)36-3)37(34,35)22-10-5-4-6-11-22/h4-15,18H,16-17H2,1-3H3,(H,29,33). The van der Waals surface area contributed by atoms with Gasteiger partial charge in [0.2, 0.25) is 11.8 Å².